The molecule has 0 spiro atoms. The maximum Gasteiger partial charge on any atom is 0.272 e. The Balaban J connectivity index is 1.45. The second-order valence-electron chi connectivity index (χ2n) is 7.01. The lowest BCUT2D eigenvalue weighted by atomic mass is 10.0. The molecule has 8 heteroatoms. The van der Waals surface area contributed by atoms with Gasteiger partial charge in [-0.15, -0.1) is 0 Å². The molecule has 5 rings (SSSR count). The molecule has 0 saturated carbocycles. The first-order valence-electron chi connectivity index (χ1n) is 9.67. The fraction of sp³-hybridized carbons (Fsp3) is 0.0417. The van der Waals surface area contributed by atoms with Crippen molar-refractivity contribution >= 4 is 46.2 Å². The Bertz CT molecular complexity index is 1390. The van der Waals surface area contributed by atoms with Crippen LogP contribution in [0, 0.1) is 0 Å². The van der Waals surface area contributed by atoms with Gasteiger partial charge in [0.2, 0.25) is 6.79 Å². The number of rotatable bonds is 4. The number of hydrazone groups is 1. The van der Waals surface area contributed by atoms with Crippen LogP contribution in [-0.4, -0.2) is 23.9 Å². The second kappa shape index (κ2) is 8.49. The van der Waals surface area contributed by atoms with Gasteiger partial charge in [-0.05, 0) is 48.0 Å². The first-order valence-corrected chi connectivity index (χ1v) is 10.4. The maximum atomic E-state index is 13.0. The average Bonchev–Trinajstić information content (AvgIpc) is 3.28. The van der Waals surface area contributed by atoms with Crippen LogP contribution in [0.15, 0.2) is 71.8 Å². The number of benzene rings is 3. The Morgan fingerprint density at radius 1 is 0.969 bits per heavy atom. The number of pyridine rings is 1. The van der Waals surface area contributed by atoms with Gasteiger partial charge in [0.15, 0.2) is 11.5 Å². The van der Waals surface area contributed by atoms with Crippen LogP contribution in [0.2, 0.25) is 10.0 Å². The summed E-state index contributed by atoms with van der Waals surface area (Å²) in [6.45, 7) is 0.197. The molecular formula is C24H15Cl2N3O3. The highest BCUT2D eigenvalue weighted by molar-refractivity contribution is 6.42. The number of carbonyl (C=O) groups is 1. The number of amides is 1. The summed E-state index contributed by atoms with van der Waals surface area (Å²) >= 11 is 12.2. The van der Waals surface area contributed by atoms with E-state index < -0.39 is 0 Å². The lowest BCUT2D eigenvalue weighted by molar-refractivity contribution is 0.0956. The van der Waals surface area contributed by atoms with Crippen molar-refractivity contribution in [3.63, 3.8) is 0 Å². The molecule has 32 heavy (non-hydrogen) atoms. The zero-order chi connectivity index (χ0) is 22.1. The van der Waals surface area contributed by atoms with Gasteiger partial charge in [0.1, 0.15) is 0 Å². The number of carbonyl (C=O) groups excluding carboxylic acids is 1. The Morgan fingerprint density at radius 3 is 2.69 bits per heavy atom. The van der Waals surface area contributed by atoms with Gasteiger partial charge in [-0.25, -0.2) is 10.4 Å². The predicted molar refractivity (Wildman–Crippen MR) is 125 cm³/mol. The molecule has 3 aromatic carbocycles. The van der Waals surface area contributed by atoms with Gasteiger partial charge in [0, 0.05) is 10.9 Å². The van der Waals surface area contributed by atoms with Crippen LogP contribution in [0.4, 0.5) is 0 Å². The van der Waals surface area contributed by atoms with E-state index in [1.165, 1.54) is 0 Å². The van der Waals surface area contributed by atoms with E-state index in [0.717, 1.165) is 11.1 Å². The van der Waals surface area contributed by atoms with Crippen LogP contribution in [0.25, 0.3) is 22.2 Å². The van der Waals surface area contributed by atoms with Crippen LogP contribution < -0.4 is 14.9 Å². The van der Waals surface area contributed by atoms with Crippen molar-refractivity contribution in [3.8, 4) is 22.8 Å². The molecule has 1 aromatic heterocycles. The molecule has 0 aliphatic carbocycles. The Hall–Kier alpha value is -3.61. The minimum atomic E-state index is -0.359. The van der Waals surface area contributed by atoms with E-state index in [2.05, 4.69) is 15.5 Å². The minimum absolute atomic E-state index is 0.197. The SMILES string of the molecule is O=C(NN=Cc1ccc2c(c1)OCO2)c1cc(-c2ccc(Cl)c(Cl)c2)nc2ccccc12. The van der Waals surface area contributed by atoms with E-state index in [4.69, 9.17) is 32.7 Å². The van der Waals surface area contributed by atoms with Gasteiger partial charge in [-0.1, -0.05) is 47.5 Å². The van der Waals surface area contributed by atoms with E-state index >= 15 is 0 Å². The van der Waals surface area contributed by atoms with Gasteiger partial charge < -0.3 is 9.47 Å². The highest BCUT2D eigenvalue weighted by Crippen LogP contribution is 2.32. The van der Waals surface area contributed by atoms with Crippen molar-refractivity contribution in [1.29, 1.82) is 0 Å². The van der Waals surface area contributed by atoms with E-state index in [1.54, 1.807) is 36.5 Å². The molecule has 158 valence electrons. The fourth-order valence-corrected chi connectivity index (χ4v) is 3.68. The van der Waals surface area contributed by atoms with Crippen molar-refractivity contribution in [1.82, 2.24) is 10.4 Å². The van der Waals surface area contributed by atoms with Crippen molar-refractivity contribution in [2.24, 2.45) is 5.10 Å². The van der Waals surface area contributed by atoms with Gasteiger partial charge in [0.05, 0.1) is 33.0 Å². The van der Waals surface area contributed by atoms with E-state index in [1.807, 2.05) is 36.4 Å². The normalized spacial score (nSPS) is 12.4. The number of ether oxygens (including phenoxy) is 2. The van der Waals surface area contributed by atoms with Crippen molar-refractivity contribution in [2.45, 2.75) is 0 Å². The van der Waals surface area contributed by atoms with Gasteiger partial charge in [-0.2, -0.15) is 5.10 Å². The zero-order valence-corrected chi connectivity index (χ0v) is 18.0. The molecule has 2 heterocycles. The third-order valence-corrected chi connectivity index (χ3v) is 5.69. The molecule has 0 fully saturated rings. The number of aromatic nitrogens is 1. The molecule has 0 unspecified atom stereocenters. The van der Waals surface area contributed by atoms with Crippen molar-refractivity contribution in [2.75, 3.05) is 6.79 Å². The summed E-state index contributed by atoms with van der Waals surface area (Å²) < 4.78 is 10.7. The summed E-state index contributed by atoms with van der Waals surface area (Å²) in [7, 11) is 0. The lowest BCUT2D eigenvalue weighted by Gasteiger charge is -2.09. The fourth-order valence-electron chi connectivity index (χ4n) is 3.39. The van der Waals surface area contributed by atoms with Gasteiger partial charge in [-0.3, -0.25) is 4.79 Å². The average molecular weight is 464 g/mol. The summed E-state index contributed by atoms with van der Waals surface area (Å²) in [5, 5.41) is 5.68. The Labute approximate surface area is 193 Å². The number of hydrogen-bond donors (Lipinski definition) is 1. The van der Waals surface area contributed by atoms with Crippen molar-refractivity contribution in [3.05, 3.63) is 87.9 Å². The predicted octanol–water partition coefficient (Wildman–Crippen LogP) is 5.70. The summed E-state index contributed by atoms with van der Waals surface area (Å²) in [6, 6.07) is 19.8. The maximum absolute atomic E-state index is 13.0. The van der Waals surface area contributed by atoms with Gasteiger partial charge in [0.25, 0.3) is 5.91 Å². The number of halogens is 2. The first kappa shape index (κ1) is 20.3. The Morgan fingerprint density at radius 2 is 1.81 bits per heavy atom. The zero-order valence-electron chi connectivity index (χ0n) is 16.5. The van der Waals surface area contributed by atoms with Crippen molar-refractivity contribution < 1.29 is 14.3 Å². The highest BCUT2D eigenvalue weighted by atomic mass is 35.5. The van der Waals surface area contributed by atoms with Gasteiger partial charge >= 0.3 is 0 Å². The van der Waals surface area contributed by atoms with Crippen LogP contribution in [0.1, 0.15) is 15.9 Å². The molecule has 6 nitrogen and oxygen atoms in total. The standard InChI is InChI=1S/C24H15Cl2N3O3/c25-18-7-6-15(10-19(18)26)21-11-17(16-3-1-2-4-20(16)28-21)24(30)29-27-12-14-5-8-22-23(9-14)32-13-31-22/h1-12H,13H2,(H,29,30). The number of para-hydroxylation sites is 1. The van der Waals surface area contributed by atoms with E-state index in [9.17, 15) is 4.79 Å². The second-order valence-corrected chi connectivity index (χ2v) is 7.83. The van der Waals surface area contributed by atoms with Crippen LogP contribution in [0.5, 0.6) is 11.5 Å². The number of hydrogen-bond acceptors (Lipinski definition) is 5. The number of nitrogens with one attached hydrogen (secondary N) is 1. The molecular weight excluding hydrogens is 449 g/mol. The summed E-state index contributed by atoms with van der Waals surface area (Å²) in [6.07, 6.45) is 1.54. The lowest BCUT2D eigenvalue weighted by Crippen LogP contribution is -2.18. The summed E-state index contributed by atoms with van der Waals surface area (Å²) in [5.74, 6) is 0.970. The molecule has 0 radical (unpaired) electrons. The first-order chi connectivity index (χ1) is 15.6. The van der Waals surface area contributed by atoms with Crippen LogP contribution in [-0.2, 0) is 0 Å². The summed E-state index contributed by atoms with van der Waals surface area (Å²) in [4.78, 5) is 17.7. The molecule has 0 atom stereocenters. The number of nitrogens with zero attached hydrogens (tertiary/aromatic N) is 2. The largest absolute Gasteiger partial charge is 0.454 e. The third kappa shape index (κ3) is 3.98. The summed E-state index contributed by atoms with van der Waals surface area (Å²) in [5.41, 5.74) is 5.84. The van der Waals surface area contributed by atoms with E-state index in [-0.39, 0.29) is 12.7 Å². The molecule has 1 aliphatic rings. The van der Waals surface area contributed by atoms with Crippen LogP contribution >= 0.6 is 23.2 Å². The molecule has 1 aliphatic heterocycles. The Kier molecular flexibility index (Phi) is 5.39. The molecule has 1 N–H and O–H groups in total. The molecule has 0 saturated heterocycles. The number of fused-ring (bicyclic) bond motifs is 2. The monoisotopic (exact) mass is 463 g/mol. The highest BCUT2D eigenvalue weighted by Gasteiger charge is 2.15. The molecule has 0 bridgehead atoms. The molecule has 4 aromatic rings. The third-order valence-electron chi connectivity index (χ3n) is 4.95. The molecule has 1 amide bonds. The van der Waals surface area contributed by atoms with E-state index in [0.29, 0.717) is 43.7 Å². The smallest absolute Gasteiger partial charge is 0.272 e. The van der Waals surface area contributed by atoms with Crippen LogP contribution in [0.3, 0.4) is 0 Å². The topological polar surface area (TPSA) is 72.8 Å². The quantitative estimate of drug-likeness (QED) is 0.311. The minimum Gasteiger partial charge on any atom is -0.454 e.